The fourth-order valence-corrected chi connectivity index (χ4v) is 4.41. The highest BCUT2D eigenvalue weighted by molar-refractivity contribution is 6.08. The first kappa shape index (κ1) is 21.5. The molecule has 8 nitrogen and oxygen atoms in total. The first-order valence-electron chi connectivity index (χ1n) is 10.5. The van der Waals surface area contributed by atoms with Crippen molar-refractivity contribution < 1.29 is 14.3 Å². The van der Waals surface area contributed by atoms with Gasteiger partial charge >= 0.3 is 0 Å². The molecule has 1 fully saturated rings. The van der Waals surface area contributed by atoms with E-state index in [2.05, 4.69) is 16.1 Å². The third-order valence-corrected chi connectivity index (χ3v) is 5.94. The lowest BCUT2D eigenvalue weighted by atomic mass is 9.77. The molecule has 2 aromatic carbocycles. The van der Waals surface area contributed by atoms with Crippen molar-refractivity contribution in [2.45, 2.75) is 25.3 Å². The van der Waals surface area contributed by atoms with Crippen LogP contribution in [0.5, 0.6) is 11.5 Å². The monoisotopic (exact) mass is 431 g/mol. The van der Waals surface area contributed by atoms with E-state index >= 15 is 0 Å². The molecular formula is C24H25N5O3. The molecule has 2 aliphatic rings. The van der Waals surface area contributed by atoms with Crippen molar-refractivity contribution in [3.05, 3.63) is 75.7 Å². The number of benzene rings is 2. The number of rotatable bonds is 6. The number of ether oxygens (including phenoxy) is 2. The van der Waals surface area contributed by atoms with Crippen molar-refractivity contribution in [1.29, 1.82) is 0 Å². The van der Waals surface area contributed by atoms with E-state index in [0.29, 0.717) is 0 Å². The number of allylic oxidation sites excluding steroid dienone is 1. The molecule has 4 rings (SSSR count). The van der Waals surface area contributed by atoms with E-state index in [1.165, 1.54) is 5.01 Å². The number of hydrogen-bond donors (Lipinski definition) is 0. The van der Waals surface area contributed by atoms with Crippen LogP contribution in [0.3, 0.4) is 0 Å². The second kappa shape index (κ2) is 9.58. The maximum Gasteiger partial charge on any atom is 0.249 e. The molecule has 0 radical (unpaired) electrons. The Morgan fingerprint density at radius 2 is 1.81 bits per heavy atom. The minimum absolute atomic E-state index is 0.0802. The zero-order valence-corrected chi connectivity index (χ0v) is 18.1. The van der Waals surface area contributed by atoms with Gasteiger partial charge in [0.1, 0.15) is 18.0 Å². The number of azide groups is 1. The highest BCUT2D eigenvalue weighted by atomic mass is 16.5. The highest BCUT2D eigenvalue weighted by Gasteiger charge is 2.43. The number of fused-ring (bicyclic) bond motifs is 1. The van der Waals surface area contributed by atoms with Crippen LogP contribution in [0, 0.1) is 5.92 Å². The second-order valence-corrected chi connectivity index (χ2v) is 7.77. The average molecular weight is 431 g/mol. The molecule has 8 heteroatoms. The molecule has 1 heterocycles. The van der Waals surface area contributed by atoms with E-state index in [9.17, 15) is 4.79 Å². The number of carbonyl (C=O) groups is 1. The van der Waals surface area contributed by atoms with Crippen LogP contribution in [0.1, 0.15) is 36.4 Å². The zero-order chi connectivity index (χ0) is 22.5. The maximum atomic E-state index is 12.9. The van der Waals surface area contributed by atoms with E-state index in [4.69, 9.17) is 20.1 Å². The summed E-state index contributed by atoms with van der Waals surface area (Å²) in [5.74, 6) is 1.33. The van der Waals surface area contributed by atoms with Gasteiger partial charge in [-0.1, -0.05) is 29.4 Å². The number of methoxy groups -OCH3 is 2. The van der Waals surface area contributed by atoms with Gasteiger partial charge in [-0.25, -0.2) is 5.01 Å². The van der Waals surface area contributed by atoms with Crippen LogP contribution in [-0.4, -0.2) is 37.4 Å². The molecule has 0 N–H and O–H groups in total. The van der Waals surface area contributed by atoms with Gasteiger partial charge in [-0.15, -0.1) is 0 Å². The third-order valence-electron chi connectivity index (χ3n) is 5.94. The molecule has 1 aliphatic heterocycles. The summed E-state index contributed by atoms with van der Waals surface area (Å²) in [4.78, 5) is 15.6. The lowest BCUT2D eigenvalue weighted by Crippen LogP contribution is -2.33. The summed E-state index contributed by atoms with van der Waals surface area (Å²) in [6.07, 6.45) is 4.98. The van der Waals surface area contributed by atoms with Crippen LogP contribution in [-0.2, 0) is 4.79 Å². The lowest BCUT2D eigenvalue weighted by Gasteiger charge is -2.29. The van der Waals surface area contributed by atoms with E-state index in [-0.39, 0.29) is 24.4 Å². The van der Waals surface area contributed by atoms with Gasteiger partial charge < -0.3 is 9.47 Å². The summed E-state index contributed by atoms with van der Waals surface area (Å²) in [7, 11) is 3.27. The minimum atomic E-state index is -0.311. The summed E-state index contributed by atoms with van der Waals surface area (Å²) in [5, 5.41) is 9.74. The van der Waals surface area contributed by atoms with E-state index in [1.54, 1.807) is 14.2 Å². The molecule has 32 heavy (non-hydrogen) atoms. The largest absolute Gasteiger partial charge is 0.497 e. The zero-order valence-electron chi connectivity index (χ0n) is 18.1. The van der Waals surface area contributed by atoms with Crippen LogP contribution < -0.4 is 9.47 Å². The van der Waals surface area contributed by atoms with Gasteiger partial charge in [0.25, 0.3) is 0 Å². The van der Waals surface area contributed by atoms with Crippen LogP contribution in [0.25, 0.3) is 16.5 Å². The summed E-state index contributed by atoms with van der Waals surface area (Å²) in [6, 6.07) is 15.4. The fraction of sp³-hybridized carbons (Fsp3) is 0.333. The first-order valence-corrected chi connectivity index (χ1v) is 10.5. The number of hydrazone groups is 1. The van der Waals surface area contributed by atoms with Crippen LogP contribution >= 0.6 is 0 Å². The summed E-state index contributed by atoms with van der Waals surface area (Å²) in [6.45, 7) is -0.260. The van der Waals surface area contributed by atoms with Crippen molar-refractivity contribution in [2.24, 2.45) is 16.1 Å². The summed E-state index contributed by atoms with van der Waals surface area (Å²) >= 11 is 0. The van der Waals surface area contributed by atoms with E-state index < -0.39 is 0 Å². The molecule has 164 valence electrons. The number of carbonyl (C=O) groups excluding carboxylic acids is 1. The molecule has 0 saturated heterocycles. The maximum absolute atomic E-state index is 12.9. The Morgan fingerprint density at radius 3 is 2.44 bits per heavy atom. The molecule has 2 atom stereocenters. The smallest absolute Gasteiger partial charge is 0.249 e. The molecule has 2 aromatic rings. The third kappa shape index (κ3) is 4.31. The van der Waals surface area contributed by atoms with Crippen molar-refractivity contribution in [3.8, 4) is 11.5 Å². The van der Waals surface area contributed by atoms with Gasteiger partial charge in [0, 0.05) is 10.8 Å². The lowest BCUT2D eigenvalue weighted by molar-refractivity contribution is -0.132. The predicted molar refractivity (Wildman–Crippen MR) is 122 cm³/mol. The van der Waals surface area contributed by atoms with Crippen molar-refractivity contribution >= 4 is 17.7 Å². The van der Waals surface area contributed by atoms with Crippen LogP contribution in [0.2, 0.25) is 0 Å². The number of hydrogen-bond acceptors (Lipinski definition) is 5. The molecule has 1 saturated carbocycles. The fourth-order valence-electron chi connectivity index (χ4n) is 4.41. The molecular weight excluding hydrogens is 406 g/mol. The molecule has 1 aliphatic carbocycles. The average Bonchev–Trinajstić information content (AvgIpc) is 3.24. The predicted octanol–water partition coefficient (Wildman–Crippen LogP) is 5.14. The Morgan fingerprint density at radius 1 is 1.16 bits per heavy atom. The Balaban J connectivity index is 1.71. The van der Waals surface area contributed by atoms with Crippen LogP contribution in [0.4, 0.5) is 0 Å². The van der Waals surface area contributed by atoms with Gasteiger partial charge in [-0.2, -0.15) is 5.10 Å². The summed E-state index contributed by atoms with van der Waals surface area (Å²) < 4.78 is 10.5. The number of nitrogens with zero attached hydrogens (tertiary/aromatic N) is 5. The van der Waals surface area contributed by atoms with Gasteiger partial charge in [-0.05, 0) is 71.8 Å². The second-order valence-electron chi connectivity index (χ2n) is 7.77. The van der Waals surface area contributed by atoms with E-state index in [1.807, 2.05) is 48.5 Å². The Kier molecular flexibility index (Phi) is 6.42. The van der Waals surface area contributed by atoms with Crippen molar-refractivity contribution in [1.82, 2.24) is 5.01 Å². The number of amides is 1. The molecule has 0 unspecified atom stereocenters. The minimum Gasteiger partial charge on any atom is -0.497 e. The van der Waals surface area contributed by atoms with Gasteiger partial charge in [0.05, 0.1) is 26.0 Å². The molecule has 0 spiro atoms. The Labute approximate surface area is 186 Å². The first-order chi connectivity index (χ1) is 15.6. The van der Waals surface area contributed by atoms with Crippen molar-refractivity contribution in [3.63, 3.8) is 0 Å². The van der Waals surface area contributed by atoms with Crippen molar-refractivity contribution in [2.75, 3.05) is 20.8 Å². The van der Waals surface area contributed by atoms with Gasteiger partial charge in [0.15, 0.2) is 0 Å². The summed E-state index contributed by atoms with van der Waals surface area (Å²) in [5.41, 5.74) is 12.8. The van der Waals surface area contributed by atoms with Gasteiger partial charge in [-0.3, -0.25) is 4.79 Å². The van der Waals surface area contributed by atoms with Crippen LogP contribution in [0.15, 0.2) is 64.3 Å². The molecule has 0 bridgehead atoms. The Bertz CT molecular complexity index is 1090. The molecule has 0 aromatic heterocycles. The normalized spacial score (nSPS) is 20.9. The topological polar surface area (TPSA) is 99.9 Å². The SMILES string of the molecule is COc1ccc(/C=C2/CCC[C@@H]3C2=NN(C(=O)CN=[N+]=[N-])[C@@H]3c2ccc(OC)cc2)cc1. The van der Waals surface area contributed by atoms with E-state index in [0.717, 1.165) is 53.2 Å². The quantitative estimate of drug-likeness (QED) is 0.360. The Hall–Kier alpha value is -3.77. The highest BCUT2D eigenvalue weighted by Crippen LogP contribution is 2.44. The molecule has 1 amide bonds. The van der Waals surface area contributed by atoms with Gasteiger partial charge in [0.2, 0.25) is 5.91 Å². The standard InChI is InChI=1S/C24H25N5O3/c1-31-19-10-6-16(7-11-19)14-18-4-3-5-21-23(18)27-29(22(30)15-26-28-25)24(21)17-8-12-20(32-2)13-9-17/h6-14,21,24H,3-5,15H2,1-2H3/b18-14-/t21-,24-/m1/s1.